The minimum atomic E-state index is -0.579. The van der Waals surface area contributed by atoms with Gasteiger partial charge in [-0.05, 0) is 47.5 Å². The first-order chi connectivity index (χ1) is 18.0. The highest BCUT2D eigenvalue weighted by Gasteiger charge is 2.30. The van der Waals surface area contributed by atoms with Crippen LogP contribution < -0.4 is 15.5 Å². The fourth-order valence-electron chi connectivity index (χ4n) is 3.96. The number of carbonyl (C=O) groups excluding carboxylic acids is 1. The van der Waals surface area contributed by atoms with E-state index in [9.17, 15) is 9.18 Å². The van der Waals surface area contributed by atoms with E-state index < -0.39 is 17.5 Å². The highest BCUT2D eigenvalue weighted by atomic mass is 19.1. The molecule has 38 heavy (non-hydrogen) atoms. The summed E-state index contributed by atoms with van der Waals surface area (Å²) in [6, 6.07) is 1.35. The number of H-pyrrole nitrogens is 1. The molecule has 13 nitrogen and oxygen atoms in total. The normalized spacial score (nSPS) is 16.6. The lowest BCUT2D eigenvalue weighted by Gasteiger charge is -2.38. The van der Waals surface area contributed by atoms with Gasteiger partial charge in [-0.15, -0.1) is 0 Å². The second-order valence-electron chi connectivity index (χ2n) is 10.3. The minimum absolute atomic E-state index is 0.0799. The number of nitrogens with one attached hydrogen (secondary N) is 3. The van der Waals surface area contributed by atoms with E-state index in [0.717, 1.165) is 30.9 Å². The summed E-state index contributed by atoms with van der Waals surface area (Å²) in [5.41, 5.74) is 0.302. The lowest BCUT2D eigenvalue weighted by molar-refractivity contribution is 0.0209. The highest BCUT2D eigenvalue weighted by Crippen LogP contribution is 2.24. The average molecular weight is 528 g/mol. The van der Waals surface area contributed by atoms with E-state index in [2.05, 4.69) is 45.8 Å². The molecule has 4 rings (SSSR count). The quantitative estimate of drug-likeness (QED) is 0.414. The van der Waals surface area contributed by atoms with E-state index in [1.165, 1.54) is 0 Å². The molecule has 0 bridgehead atoms. The third kappa shape index (κ3) is 7.01. The molecule has 0 unspecified atom stereocenters. The number of nitrogens with zero attached hydrogens (tertiary/aromatic N) is 8. The van der Waals surface area contributed by atoms with Crippen LogP contribution in [0.25, 0.3) is 0 Å². The zero-order chi connectivity index (χ0) is 27.4. The molecule has 14 heteroatoms. The molecule has 3 N–H and O–H groups in total. The van der Waals surface area contributed by atoms with E-state index in [4.69, 9.17) is 4.74 Å². The number of rotatable bonds is 7. The van der Waals surface area contributed by atoms with Crippen LogP contribution in [0.1, 0.15) is 58.1 Å². The summed E-state index contributed by atoms with van der Waals surface area (Å²) in [5.74, 6) is 1.45. The van der Waals surface area contributed by atoms with Crippen LogP contribution in [0.15, 0.2) is 18.5 Å². The van der Waals surface area contributed by atoms with Crippen LogP contribution in [0.3, 0.4) is 0 Å². The van der Waals surface area contributed by atoms with Crippen molar-refractivity contribution < 1.29 is 13.9 Å². The third-order valence-electron chi connectivity index (χ3n) is 5.85. The van der Waals surface area contributed by atoms with Gasteiger partial charge in [-0.2, -0.15) is 20.1 Å². The largest absolute Gasteiger partial charge is 0.444 e. The maximum Gasteiger partial charge on any atom is 0.410 e. The van der Waals surface area contributed by atoms with E-state index in [-0.39, 0.29) is 18.1 Å². The topological polar surface area (TPSA) is 150 Å². The maximum atomic E-state index is 13.3. The Morgan fingerprint density at radius 2 is 1.95 bits per heavy atom. The zero-order valence-corrected chi connectivity index (χ0v) is 22.5. The first kappa shape index (κ1) is 26.9. The summed E-state index contributed by atoms with van der Waals surface area (Å²) in [4.78, 5) is 38.2. The van der Waals surface area contributed by atoms with Crippen molar-refractivity contribution >= 4 is 29.8 Å². The van der Waals surface area contributed by atoms with Gasteiger partial charge in [-0.1, -0.05) is 0 Å². The van der Waals surface area contributed by atoms with Crippen molar-refractivity contribution in [2.75, 3.05) is 35.7 Å². The highest BCUT2D eigenvalue weighted by molar-refractivity contribution is 5.68. The van der Waals surface area contributed by atoms with Crippen LogP contribution in [0.5, 0.6) is 0 Å². The summed E-state index contributed by atoms with van der Waals surface area (Å²) in [6.45, 7) is 10.5. The molecular formula is C24H34FN11O2. The third-order valence-corrected chi connectivity index (χ3v) is 5.85. The Morgan fingerprint density at radius 3 is 2.61 bits per heavy atom. The second-order valence-corrected chi connectivity index (χ2v) is 10.3. The Bertz CT molecular complexity index is 1240. The monoisotopic (exact) mass is 527 g/mol. The second kappa shape index (κ2) is 11.1. The van der Waals surface area contributed by atoms with Gasteiger partial charge in [0.1, 0.15) is 11.4 Å². The molecule has 2 atom stereocenters. The van der Waals surface area contributed by atoms with Crippen molar-refractivity contribution in [2.45, 2.75) is 65.1 Å². The van der Waals surface area contributed by atoms with Crippen molar-refractivity contribution in [2.24, 2.45) is 0 Å². The van der Waals surface area contributed by atoms with Crippen molar-refractivity contribution in [1.29, 1.82) is 0 Å². The van der Waals surface area contributed by atoms with Gasteiger partial charge in [-0.25, -0.2) is 19.2 Å². The maximum absolute atomic E-state index is 13.3. The predicted molar refractivity (Wildman–Crippen MR) is 140 cm³/mol. The molecule has 204 valence electrons. The van der Waals surface area contributed by atoms with Gasteiger partial charge >= 0.3 is 6.09 Å². The summed E-state index contributed by atoms with van der Waals surface area (Å²) in [5, 5.41) is 13.4. The lowest BCUT2D eigenvalue weighted by Crippen LogP contribution is -2.50. The molecule has 3 aromatic rings. The van der Waals surface area contributed by atoms with Gasteiger partial charge < -0.3 is 25.2 Å². The molecule has 1 fully saturated rings. The standard InChI is InChI=1S/C24H34FN11O2/c1-14-10-18(34-33-14)29-21-30-20(28-15(2)19-26-11-16(25)12-27-19)31-22(32-21)36-9-7-8-17(13-36)35(6)23(37)38-24(3,4)5/h10-12,15,17H,7-9,13H2,1-6H3,(H3,28,29,30,31,32,33,34)/t15-,17-/m0/s1. The Labute approximate surface area is 220 Å². The Morgan fingerprint density at radius 1 is 1.24 bits per heavy atom. The number of carbonyl (C=O) groups is 1. The van der Waals surface area contributed by atoms with Gasteiger partial charge in [0.25, 0.3) is 0 Å². The number of ether oxygens (including phenoxy) is 1. The number of piperidine rings is 1. The van der Waals surface area contributed by atoms with Crippen molar-refractivity contribution in [3.63, 3.8) is 0 Å². The van der Waals surface area contributed by atoms with Gasteiger partial charge in [0, 0.05) is 31.9 Å². The number of hydrogen-bond acceptors (Lipinski definition) is 11. The van der Waals surface area contributed by atoms with Gasteiger partial charge in [-0.3, -0.25) is 5.10 Å². The number of amides is 1. The summed E-state index contributed by atoms with van der Waals surface area (Å²) >= 11 is 0. The molecule has 3 aromatic heterocycles. The number of aromatic nitrogens is 7. The van der Waals surface area contributed by atoms with E-state index in [1.807, 2.05) is 45.6 Å². The van der Waals surface area contributed by atoms with Crippen LogP contribution in [0.4, 0.5) is 32.8 Å². The number of aryl methyl sites for hydroxylation is 1. The fraction of sp³-hybridized carbons (Fsp3) is 0.542. The zero-order valence-electron chi connectivity index (χ0n) is 22.5. The molecule has 0 saturated carbocycles. The van der Waals surface area contributed by atoms with E-state index in [1.54, 1.807) is 11.9 Å². The SMILES string of the molecule is Cc1cc(Nc2nc(N[C@@H](C)c3ncc(F)cn3)nc(N3CCC[C@H](N(C)C(=O)OC(C)(C)C)C3)n2)n[nH]1. The van der Waals surface area contributed by atoms with E-state index in [0.29, 0.717) is 36.6 Å². The molecule has 1 aliphatic rings. The van der Waals surface area contributed by atoms with Crippen molar-refractivity contribution in [3.05, 3.63) is 35.8 Å². The van der Waals surface area contributed by atoms with Gasteiger partial charge in [0.05, 0.1) is 24.5 Å². The first-order valence-electron chi connectivity index (χ1n) is 12.5. The predicted octanol–water partition coefficient (Wildman–Crippen LogP) is 3.58. The molecule has 0 radical (unpaired) electrons. The van der Waals surface area contributed by atoms with E-state index >= 15 is 0 Å². The van der Waals surface area contributed by atoms with Gasteiger partial charge in [0.15, 0.2) is 11.6 Å². The Hall–Kier alpha value is -4.10. The van der Waals surface area contributed by atoms with Crippen LogP contribution in [0.2, 0.25) is 0 Å². The average Bonchev–Trinajstić information content (AvgIpc) is 3.27. The molecule has 0 aromatic carbocycles. The Balaban J connectivity index is 1.57. The summed E-state index contributed by atoms with van der Waals surface area (Å²) in [6.07, 6.45) is 3.53. The minimum Gasteiger partial charge on any atom is -0.444 e. The number of likely N-dealkylation sites (N-methyl/N-ethyl adjacent to an activating group) is 1. The number of halogens is 1. The van der Waals surface area contributed by atoms with Crippen LogP contribution in [0, 0.1) is 12.7 Å². The van der Waals surface area contributed by atoms with Crippen molar-refractivity contribution in [3.8, 4) is 0 Å². The Kier molecular flexibility index (Phi) is 7.88. The molecule has 0 aliphatic carbocycles. The molecular weight excluding hydrogens is 493 g/mol. The number of aromatic amines is 1. The molecule has 1 saturated heterocycles. The number of anilines is 4. The van der Waals surface area contributed by atoms with Crippen LogP contribution in [-0.4, -0.2) is 77.9 Å². The lowest BCUT2D eigenvalue weighted by atomic mass is 10.1. The number of hydrogen-bond donors (Lipinski definition) is 3. The van der Waals surface area contributed by atoms with Crippen molar-refractivity contribution in [1.82, 2.24) is 40.0 Å². The van der Waals surface area contributed by atoms with Crippen LogP contribution >= 0.6 is 0 Å². The van der Waals surface area contributed by atoms with Crippen LogP contribution in [-0.2, 0) is 4.74 Å². The molecule has 1 aliphatic heterocycles. The van der Waals surface area contributed by atoms with Gasteiger partial charge in [0.2, 0.25) is 17.8 Å². The summed E-state index contributed by atoms with van der Waals surface area (Å²) < 4.78 is 18.8. The molecule has 4 heterocycles. The molecule has 1 amide bonds. The molecule has 0 spiro atoms. The summed E-state index contributed by atoms with van der Waals surface area (Å²) in [7, 11) is 1.75. The first-order valence-corrected chi connectivity index (χ1v) is 12.5. The fourth-order valence-corrected chi connectivity index (χ4v) is 3.96. The smallest absolute Gasteiger partial charge is 0.410 e.